The molecule has 0 aromatic heterocycles. The van der Waals surface area contributed by atoms with Crippen molar-refractivity contribution in [3.8, 4) is 6.07 Å². The van der Waals surface area contributed by atoms with Gasteiger partial charge in [-0.3, -0.25) is 4.79 Å². The van der Waals surface area contributed by atoms with Crippen molar-refractivity contribution in [1.82, 2.24) is 5.32 Å². The molecule has 1 aromatic rings. The number of nitrogens with one attached hydrogen (secondary N) is 1. The maximum absolute atomic E-state index is 11.8. The lowest BCUT2D eigenvalue weighted by Gasteiger charge is -2.38. The minimum atomic E-state index is -0.904. The maximum Gasteiger partial charge on any atom is 0.225 e. The fraction of sp³-hybridized carbons (Fsp3) is 0.267. The summed E-state index contributed by atoms with van der Waals surface area (Å²) < 4.78 is 0.954. The monoisotopic (exact) mass is 348 g/mol. The molecule has 1 aromatic carbocycles. The number of nitrogens with zero attached hydrogens (tertiary/aromatic N) is 1. The number of carbonyl (C=O) groups excluding carboxylic acids is 1. The average Bonchev–Trinajstić information content (AvgIpc) is 2.42. The third-order valence-electron chi connectivity index (χ3n) is 3.58. The van der Waals surface area contributed by atoms with Crippen LogP contribution in [0.4, 0.5) is 0 Å². The number of allylic oxidation sites excluding steroid dienone is 1. The second-order valence-electron chi connectivity index (χ2n) is 4.76. The van der Waals surface area contributed by atoms with E-state index in [0.29, 0.717) is 11.4 Å². The predicted octanol–water partition coefficient (Wildman–Crippen LogP) is 3.47. The molecule has 1 saturated heterocycles. The van der Waals surface area contributed by atoms with Crippen molar-refractivity contribution in [2.45, 2.75) is 18.8 Å². The lowest BCUT2D eigenvalue weighted by atomic mass is 9.67. The quantitative estimate of drug-likeness (QED) is 0.672. The van der Waals surface area contributed by atoms with Crippen molar-refractivity contribution in [3.63, 3.8) is 0 Å². The predicted molar refractivity (Wildman–Crippen MR) is 85.1 cm³/mol. The minimum Gasteiger partial charge on any atom is -0.319 e. The maximum atomic E-state index is 11.8. The number of hydrogen-bond donors (Lipinski definition) is 1. The largest absolute Gasteiger partial charge is 0.319 e. The Labute approximate surface area is 131 Å². The molecular weight excluding hydrogens is 336 g/mol. The topological polar surface area (TPSA) is 52.9 Å². The van der Waals surface area contributed by atoms with Gasteiger partial charge in [-0.1, -0.05) is 46.4 Å². The zero-order valence-corrected chi connectivity index (χ0v) is 13.1. The summed E-state index contributed by atoms with van der Waals surface area (Å²) in [7, 11) is 0. The van der Waals surface area contributed by atoms with Gasteiger partial charge in [0.1, 0.15) is 10.4 Å². The van der Waals surface area contributed by atoms with Crippen LogP contribution in [0.5, 0.6) is 0 Å². The van der Waals surface area contributed by atoms with E-state index in [1.807, 2.05) is 24.3 Å². The van der Waals surface area contributed by atoms with Gasteiger partial charge in [0.05, 0.1) is 6.07 Å². The second kappa shape index (κ2) is 5.86. The molecular formula is C15H13BrN2OS. The molecule has 3 nitrogen and oxygen atoms in total. The van der Waals surface area contributed by atoms with Gasteiger partial charge in [-0.15, -0.1) is 6.58 Å². The number of hydrogen-bond acceptors (Lipinski definition) is 3. The highest BCUT2D eigenvalue weighted by atomic mass is 79.9. The molecule has 1 heterocycles. The molecule has 102 valence electrons. The molecule has 0 aliphatic carbocycles. The Morgan fingerprint density at radius 1 is 1.55 bits per heavy atom. The number of halogens is 1. The fourth-order valence-electron chi connectivity index (χ4n) is 2.54. The lowest BCUT2D eigenvalue weighted by Crippen LogP contribution is -2.51. The molecule has 5 heteroatoms. The third kappa shape index (κ3) is 2.54. The summed E-state index contributed by atoms with van der Waals surface area (Å²) in [6.07, 6.45) is 2.35. The number of piperidine rings is 1. The van der Waals surface area contributed by atoms with Gasteiger partial charge < -0.3 is 5.32 Å². The average molecular weight is 349 g/mol. The summed E-state index contributed by atoms with van der Waals surface area (Å²) in [5, 5.41) is 12.3. The van der Waals surface area contributed by atoms with Gasteiger partial charge in [0.15, 0.2) is 0 Å². The molecule has 0 bridgehead atoms. The molecule has 1 fully saturated rings. The summed E-state index contributed by atoms with van der Waals surface area (Å²) >= 11 is 8.66. The van der Waals surface area contributed by atoms with Gasteiger partial charge >= 0.3 is 0 Å². The van der Waals surface area contributed by atoms with E-state index in [1.165, 1.54) is 0 Å². The highest BCUT2D eigenvalue weighted by Gasteiger charge is 2.47. The number of carbonyl (C=O) groups is 1. The normalized spacial score (nSPS) is 25.7. The molecule has 1 N–H and O–H groups in total. The first-order valence-corrected chi connectivity index (χ1v) is 7.35. The van der Waals surface area contributed by atoms with Crippen molar-refractivity contribution in [3.05, 3.63) is 47.0 Å². The zero-order valence-electron chi connectivity index (χ0n) is 10.7. The Morgan fingerprint density at radius 2 is 2.20 bits per heavy atom. The summed E-state index contributed by atoms with van der Waals surface area (Å²) in [6.45, 7) is 3.71. The van der Waals surface area contributed by atoms with Crippen LogP contribution in [0.25, 0.3) is 0 Å². The van der Waals surface area contributed by atoms with Crippen LogP contribution in [0.15, 0.2) is 41.4 Å². The molecule has 0 saturated carbocycles. The fourth-order valence-corrected chi connectivity index (χ4v) is 3.19. The zero-order chi connectivity index (χ0) is 14.8. The Hall–Kier alpha value is -1.51. The van der Waals surface area contributed by atoms with Gasteiger partial charge in [-0.2, -0.15) is 5.26 Å². The third-order valence-corrected chi connectivity index (χ3v) is 4.58. The molecule has 0 spiro atoms. The van der Waals surface area contributed by atoms with Crippen LogP contribution >= 0.6 is 28.1 Å². The first kappa shape index (κ1) is 14.9. The second-order valence-corrected chi connectivity index (χ2v) is 6.09. The highest BCUT2D eigenvalue weighted by molar-refractivity contribution is 9.10. The molecule has 20 heavy (non-hydrogen) atoms. The van der Waals surface area contributed by atoms with Crippen LogP contribution in [-0.4, -0.2) is 10.9 Å². The number of thiocarbonyl (C=S) groups is 1. The molecule has 2 atom stereocenters. The van der Waals surface area contributed by atoms with Gasteiger partial charge in [0, 0.05) is 16.8 Å². The van der Waals surface area contributed by atoms with Gasteiger partial charge in [-0.25, -0.2) is 0 Å². The van der Waals surface area contributed by atoms with E-state index in [9.17, 15) is 10.1 Å². The molecule has 0 unspecified atom stereocenters. The minimum absolute atomic E-state index is 0.141. The number of amides is 1. The Kier molecular flexibility index (Phi) is 4.36. The van der Waals surface area contributed by atoms with Crippen LogP contribution in [0.1, 0.15) is 24.3 Å². The van der Waals surface area contributed by atoms with E-state index in [2.05, 4.69) is 33.9 Å². The van der Waals surface area contributed by atoms with Crippen molar-refractivity contribution < 1.29 is 4.79 Å². The Balaban J connectivity index is 2.52. The van der Waals surface area contributed by atoms with Crippen LogP contribution in [0.2, 0.25) is 0 Å². The highest BCUT2D eigenvalue weighted by Crippen LogP contribution is 2.44. The van der Waals surface area contributed by atoms with Crippen LogP contribution in [0.3, 0.4) is 0 Å². The molecule has 1 aliphatic heterocycles. The van der Waals surface area contributed by atoms with E-state index in [0.717, 1.165) is 10.0 Å². The summed E-state index contributed by atoms with van der Waals surface area (Å²) in [4.78, 5) is 12.1. The van der Waals surface area contributed by atoms with Crippen molar-refractivity contribution in [2.24, 2.45) is 5.41 Å². The van der Waals surface area contributed by atoms with Gasteiger partial charge in [-0.05, 0) is 24.1 Å². The van der Waals surface area contributed by atoms with Crippen molar-refractivity contribution >= 4 is 39.0 Å². The number of nitriles is 1. The van der Waals surface area contributed by atoms with E-state index < -0.39 is 5.41 Å². The standard InChI is InChI=1S/C15H13BrN2OS/c1-2-7-15(9-17)12(8-13(19)18-14(15)20)10-3-5-11(16)6-4-10/h2-6,12H,1,7-8H2,(H,18,19,20)/t12-,15+/m0/s1. The summed E-state index contributed by atoms with van der Waals surface area (Å²) in [5.41, 5.74) is 0.0348. The van der Waals surface area contributed by atoms with Gasteiger partial charge in [0.25, 0.3) is 0 Å². The van der Waals surface area contributed by atoms with Gasteiger partial charge in [0.2, 0.25) is 5.91 Å². The molecule has 2 rings (SSSR count). The number of rotatable bonds is 3. The summed E-state index contributed by atoms with van der Waals surface area (Å²) in [5.74, 6) is -0.391. The molecule has 1 aliphatic rings. The molecule has 1 amide bonds. The first-order valence-electron chi connectivity index (χ1n) is 6.15. The summed E-state index contributed by atoms with van der Waals surface area (Å²) in [6, 6.07) is 9.96. The van der Waals surface area contributed by atoms with E-state index in [4.69, 9.17) is 12.2 Å². The lowest BCUT2D eigenvalue weighted by molar-refractivity contribution is -0.121. The van der Waals surface area contributed by atoms with E-state index >= 15 is 0 Å². The smallest absolute Gasteiger partial charge is 0.225 e. The first-order chi connectivity index (χ1) is 9.53. The Bertz CT molecular complexity index is 605. The van der Waals surface area contributed by atoms with Crippen LogP contribution in [0, 0.1) is 16.7 Å². The van der Waals surface area contributed by atoms with Crippen LogP contribution < -0.4 is 5.32 Å². The van der Waals surface area contributed by atoms with Crippen LogP contribution in [-0.2, 0) is 4.79 Å². The van der Waals surface area contributed by atoms with E-state index in [1.54, 1.807) is 6.08 Å². The SMILES string of the molecule is C=CC[C@]1(C#N)C(=S)NC(=O)C[C@H]1c1ccc(Br)cc1. The Morgan fingerprint density at radius 3 is 2.75 bits per heavy atom. The molecule has 0 radical (unpaired) electrons. The van der Waals surface area contributed by atoms with Crippen molar-refractivity contribution in [2.75, 3.05) is 0 Å². The van der Waals surface area contributed by atoms with Crippen molar-refractivity contribution in [1.29, 1.82) is 5.26 Å². The van der Waals surface area contributed by atoms with E-state index in [-0.39, 0.29) is 18.2 Å². The number of benzene rings is 1.